The van der Waals surface area contributed by atoms with Crippen LogP contribution in [-0.4, -0.2) is 18.7 Å². The minimum absolute atomic E-state index is 0.120. The molecule has 10 heavy (non-hydrogen) atoms. The van der Waals surface area contributed by atoms with E-state index in [2.05, 4.69) is 4.52 Å². The van der Waals surface area contributed by atoms with Crippen molar-refractivity contribution in [3.8, 4) is 0 Å². The molecule has 2 atom stereocenters. The van der Waals surface area contributed by atoms with E-state index in [9.17, 15) is 9.36 Å². The molecule has 0 aliphatic rings. The Morgan fingerprint density at radius 1 is 1.80 bits per heavy atom. The molecule has 0 heterocycles. The van der Waals surface area contributed by atoms with Crippen LogP contribution in [0.3, 0.4) is 0 Å². The van der Waals surface area contributed by atoms with Crippen molar-refractivity contribution < 1.29 is 13.9 Å². The summed E-state index contributed by atoms with van der Waals surface area (Å²) >= 11 is 0. The van der Waals surface area contributed by atoms with E-state index >= 15 is 0 Å². The van der Waals surface area contributed by atoms with Crippen molar-refractivity contribution in [1.29, 1.82) is 0 Å². The largest absolute Gasteiger partial charge is 0.555 e. The van der Waals surface area contributed by atoms with E-state index in [-0.39, 0.29) is 12.5 Å². The van der Waals surface area contributed by atoms with Crippen LogP contribution in [-0.2, 0) is 13.9 Å². The van der Waals surface area contributed by atoms with Crippen LogP contribution in [0.2, 0.25) is 0 Å². The van der Waals surface area contributed by atoms with E-state index in [0.717, 1.165) is 0 Å². The zero-order valence-electron chi connectivity index (χ0n) is 6.03. The Hall–Kier alpha value is -0.470. The van der Waals surface area contributed by atoms with Crippen LogP contribution in [0.1, 0.15) is 13.3 Å². The van der Waals surface area contributed by atoms with Gasteiger partial charge in [0.25, 0.3) is 0 Å². The minimum atomic E-state index is -1.83. The molecule has 0 saturated carbocycles. The fourth-order valence-electron chi connectivity index (χ4n) is 0.444. The Bertz CT molecular complexity index is 146. The van der Waals surface area contributed by atoms with E-state index in [1.54, 1.807) is 6.92 Å². The van der Waals surface area contributed by atoms with Crippen molar-refractivity contribution in [1.82, 2.24) is 0 Å². The summed E-state index contributed by atoms with van der Waals surface area (Å²) in [5, 5.41) is 0. The molecule has 0 spiro atoms. The van der Waals surface area contributed by atoms with Crippen molar-refractivity contribution in [2.24, 2.45) is 5.73 Å². The fourth-order valence-corrected chi connectivity index (χ4v) is 0.805. The second-order valence-electron chi connectivity index (χ2n) is 2.08. The van der Waals surface area contributed by atoms with Gasteiger partial charge in [-0.05, 0) is 11.5 Å². The van der Waals surface area contributed by atoms with E-state index in [4.69, 9.17) is 5.73 Å². The van der Waals surface area contributed by atoms with Crippen molar-refractivity contribution in [2.45, 2.75) is 19.4 Å². The summed E-state index contributed by atoms with van der Waals surface area (Å²) < 4.78 is 14.7. The molecule has 1 unspecified atom stereocenters. The number of hydrogen-bond donors (Lipinski definition) is 1. The van der Waals surface area contributed by atoms with Crippen LogP contribution >= 0.6 is 8.03 Å². The third-order valence-corrected chi connectivity index (χ3v) is 1.18. The second kappa shape index (κ2) is 4.36. The van der Waals surface area contributed by atoms with Gasteiger partial charge in [0.15, 0.2) is 6.66 Å². The van der Waals surface area contributed by atoms with Gasteiger partial charge >= 0.3 is 14.0 Å². The summed E-state index contributed by atoms with van der Waals surface area (Å²) in [4.78, 5) is 10.6. The number of carbonyl (C=O) groups excluding carboxylic acids is 1. The lowest BCUT2D eigenvalue weighted by molar-refractivity contribution is -0.134. The summed E-state index contributed by atoms with van der Waals surface area (Å²) in [5.74, 6) is -0.501. The van der Waals surface area contributed by atoms with Gasteiger partial charge in [-0.25, -0.2) is 9.32 Å². The zero-order valence-corrected chi connectivity index (χ0v) is 6.93. The van der Waals surface area contributed by atoms with Gasteiger partial charge < -0.3 is 5.73 Å². The third-order valence-electron chi connectivity index (χ3n) is 0.719. The molecule has 0 aromatic heterocycles. The third kappa shape index (κ3) is 5.66. The van der Waals surface area contributed by atoms with Crippen LogP contribution < -0.4 is 5.73 Å². The number of rotatable bonds is 3. The molecular formula is C5H11NO3P+. The van der Waals surface area contributed by atoms with E-state index in [1.165, 1.54) is 6.66 Å². The van der Waals surface area contributed by atoms with Crippen LogP contribution in [0.5, 0.6) is 0 Å². The molecule has 58 valence electrons. The highest BCUT2D eigenvalue weighted by atomic mass is 31.1. The molecule has 0 bridgehead atoms. The highest BCUT2D eigenvalue weighted by Crippen LogP contribution is 2.16. The van der Waals surface area contributed by atoms with Crippen LogP contribution in [0.4, 0.5) is 0 Å². The summed E-state index contributed by atoms with van der Waals surface area (Å²) in [6.07, 6.45) is 0.120. The van der Waals surface area contributed by atoms with Gasteiger partial charge in [-0.2, -0.15) is 0 Å². The molecule has 0 saturated heterocycles. The average molecular weight is 164 g/mol. The highest BCUT2D eigenvalue weighted by Gasteiger charge is 2.16. The number of nitrogens with two attached hydrogens (primary N) is 1. The fraction of sp³-hybridized carbons (Fsp3) is 0.800. The molecule has 0 aliphatic carbocycles. The summed E-state index contributed by atoms with van der Waals surface area (Å²) in [6.45, 7) is 3.01. The van der Waals surface area contributed by atoms with Gasteiger partial charge in [0.05, 0.1) is 6.42 Å². The Balaban J connectivity index is 3.54. The number of hydrogen-bond acceptors (Lipinski definition) is 4. The molecule has 5 heteroatoms. The monoisotopic (exact) mass is 164 g/mol. The topological polar surface area (TPSA) is 69.4 Å². The molecule has 0 amide bonds. The molecular weight excluding hydrogens is 153 g/mol. The standard InChI is InChI=1S/C5H11NO3P/c1-4(6)3-5(7)9-10(2)8/h4H,3,6H2,1-2H3/q+1/t4-/m1/s1. The highest BCUT2D eigenvalue weighted by molar-refractivity contribution is 7.38. The first-order valence-corrected chi connectivity index (χ1v) is 4.52. The summed E-state index contributed by atoms with van der Waals surface area (Å²) in [7, 11) is -1.83. The second-order valence-corrected chi connectivity index (χ2v) is 3.15. The Morgan fingerprint density at radius 2 is 2.30 bits per heavy atom. The first-order valence-electron chi connectivity index (χ1n) is 2.89. The normalized spacial score (nSPS) is 14.1. The van der Waals surface area contributed by atoms with E-state index in [1.807, 2.05) is 0 Å². The lowest BCUT2D eigenvalue weighted by atomic mass is 10.3. The van der Waals surface area contributed by atoms with Gasteiger partial charge in [-0.15, -0.1) is 0 Å². The lowest BCUT2D eigenvalue weighted by Crippen LogP contribution is -2.19. The van der Waals surface area contributed by atoms with Gasteiger partial charge in [-0.1, -0.05) is 0 Å². The molecule has 0 aliphatic heterocycles. The molecule has 4 nitrogen and oxygen atoms in total. The van der Waals surface area contributed by atoms with Crippen LogP contribution in [0.25, 0.3) is 0 Å². The summed E-state index contributed by atoms with van der Waals surface area (Å²) in [5.41, 5.74) is 5.27. The first kappa shape index (κ1) is 9.53. The first-order chi connectivity index (χ1) is 4.52. The maximum Gasteiger partial charge on any atom is 0.555 e. The predicted octanol–water partition coefficient (Wildman–Crippen LogP) is 0.639. The quantitative estimate of drug-likeness (QED) is 0.621. The summed E-state index contributed by atoms with van der Waals surface area (Å²) in [6, 6.07) is -0.234. The van der Waals surface area contributed by atoms with Crippen molar-refractivity contribution in [2.75, 3.05) is 6.66 Å². The van der Waals surface area contributed by atoms with Gasteiger partial charge in [0.1, 0.15) is 0 Å². The maximum atomic E-state index is 10.6. The SMILES string of the molecule is C[C@@H](N)CC(=O)O[P+](C)=O. The van der Waals surface area contributed by atoms with Gasteiger partial charge in [0.2, 0.25) is 0 Å². The molecule has 2 N–H and O–H groups in total. The molecule has 0 aromatic carbocycles. The maximum absolute atomic E-state index is 10.6. The molecule has 0 rings (SSSR count). The van der Waals surface area contributed by atoms with E-state index in [0.29, 0.717) is 0 Å². The van der Waals surface area contributed by atoms with E-state index < -0.39 is 14.0 Å². The van der Waals surface area contributed by atoms with Gasteiger partial charge in [0, 0.05) is 6.04 Å². The number of carbonyl (C=O) groups is 1. The Labute approximate surface area is 60.6 Å². The Morgan fingerprint density at radius 3 is 2.60 bits per heavy atom. The molecule has 0 aromatic rings. The zero-order chi connectivity index (χ0) is 8.15. The smallest absolute Gasteiger partial charge is 0.327 e. The molecule has 0 radical (unpaired) electrons. The predicted molar refractivity (Wildman–Crippen MR) is 37.9 cm³/mol. The van der Waals surface area contributed by atoms with Gasteiger partial charge in [-0.3, -0.25) is 0 Å². The van der Waals surface area contributed by atoms with Crippen molar-refractivity contribution >= 4 is 14.0 Å². The van der Waals surface area contributed by atoms with Crippen LogP contribution in [0.15, 0.2) is 0 Å². The molecule has 0 fully saturated rings. The lowest BCUT2D eigenvalue weighted by Gasteiger charge is -1.96. The van der Waals surface area contributed by atoms with Crippen LogP contribution in [0, 0.1) is 0 Å². The van der Waals surface area contributed by atoms with Crippen molar-refractivity contribution in [3.05, 3.63) is 0 Å². The minimum Gasteiger partial charge on any atom is -0.327 e. The Kier molecular flexibility index (Phi) is 4.16. The van der Waals surface area contributed by atoms with Crippen molar-refractivity contribution in [3.63, 3.8) is 0 Å². The average Bonchev–Trinajstić information content (AvgIpc) is 1.58.